The summed E-state index contributed by atoms with van der Waals surface area (Å²) in [7, 11) is 0. The highest BCUT2D eigenvalue weighted by Gasteiger charge is 2.44. The lowest BCUT2D eigenvalue weighted by Gasteiger charge is -2.35. The van der Waals surface area contributed by atoms with Gasteiger partial charge in [-0.3, -0.25) is 14.6 Å². The minimum atomic E-state index is -0.646. The SMILES string of the molecule is C=CCOC(=O)[C@@H]1C(C)=NC2=C(C(=O)CCC2)[C@H]1c1ccccc1OCC. The molecule has 0 N–H and O–H groups in total. The maximum Gasteiger partial charge on any atom is 0.315 e. The Morgan fingerprint density at radius 2 is 2.11 bits per heavy atom. The quantitative estimate of drug-likeness (QED) is 0.563. The fourth-order valence-corrected chi connectivity index (χ4v) is 3.90. The summed E-state index contributed by atoms with van der Waals surface area (Å²) in [5.41, 5.74) is 2.94. The number of nitrogens with zero attached hydrogens (tertiary/aromatic N) is 1. The number of hydrogen-bond acceptors (Lipinski definition) is 5. The van der Waals surface area contributed by atoms with E-state index < -0.39 is 17.8 Å². The van der Waals surface area contributed by atoms with E-state index in [0.29, 0.717) is 30.1 Å². The van der Waals surface area contributed by atoms with Crippen LogP contribution in [0.3, 0.4) is 0 Å². The Kier molecular flexibility index (Phi) is 5.89. The Balaban J connectivity index is 2.15. The van der Waals surface area contributed by atoms with Gasteiger partial charge in [-0.1, -0.05) is 30.9 Å². The highest BCUT2D eigenvalue weighted by molar-refractivity contribution is 6.09. The average Bonchev–Trinajstić information content (AvgIpc) is 2.66. The summed E-state index contributed by atoms with van der Waals surface area (Å²) in [6.45, 7) is 7.97. The number of benzene rings is 1. The van der Waals surface area contributed by atoms with Crippen LogP contribution < -0.4 is 4.74 Å². The molecule has 0 saturated carbocycles. The molecule has 0 spiro atoms. The van der Waals surface area contributed by atoms with E-state index in [1.165, 1.54) is 6.08 Å². The van der Waals surface area contributed by atoms with Crippen molar-refractivity contribution < 1.29 is 19.1 Å². The molecule has 1 aromatic rings. The second-order valence-electron chi connectivity index (χ2n) is 6.74. The van der Waals surface area contributed by atoms with Gasteiger partial charge in [0.1, 0.15) is 18.3 Å². The topological polar surface area (TPSA) is 65.0 Å². The Hall–Kier alpha value is -2.69. The van der Waals surface area contributed by atoms with Gasteiger partial charge in [0.25, 0.3) is 0 Å². The third-order valence-corrected chi connectivity index (χ3v) is 4.99. The summed E-state index contributed by atoms with van der Waals surface area (Å²) in [6, 6.07) is 7.59. The summed E-state index contributed by atoms with van der Waals surface area (Å²) in [4.78, 5) is 30.3. The molecule has 2 atom stereocenters. The largest absolute Gasteiger partial charge is 0.494 e. The van der Waals surface area contributed by atoms with E-state index in [9.17, 15) is 9.59 Å². The van der Waals surface area contributed by atoms with Crippen LogP contribution in [0.1, 0.15) is 44.6 Å². The molecule has 0 radical (unpaired) electrons. The number of para-hydroxylation sites is 1. The van der Waals surface area contributed by atoms with Crippen molar-refractivity contribution in [2.45, 2.75) is 39.0 Å². The molecule has 1 aromatic carbocycles. The molecule has 5 nitrogen and oxygen atoms in total. The molecular formula is C22H25NO4. The lowest BCUT2D eigenvalue weighted by molar-refractivity contribution is -0.145. The fourth-order valence-electron chi connectivity index (χ4n) is 3.90. The maximum atomic E-state index is 12.9. The predicted molar refractivity (Wildman–Crippen MR) is 104 cm³/mol. The molecule has 1 aliphatic carbocycles. The van der Waals surface area contributed by atoms with Crippen LogP contribution in [0.25, 0.3) is 0 Å². The first-order valence-corrected chi connectivity index (χ1v) is 9.39. The highest BCUT2D eigenvalue weighted by Crippen LogP contribution is 2.46. The summed E-state index contributed by atoms with van der Waals surface area (Å²) >= 11 is 0. The molecule has 0 bridgehead atoms. The zero-order chi connectivity index (χ0) is 19.4. The van der Waals surface area contributed by atoms with Gasteiger partial charge in [-0.2, -0.15) is 0 Å². The molecule has 0 unspecified atom stereocenters. The molecule has 1 heterocycles. The predicted octanol–water partition coefficient (Wildman–Crippen LogP) is 4.00. The van der Waals surface area contributed by atoms with E-state index in [1.54, 1.807) is 0 Å². The van der Waals surface area contributed by atoms with Gasteiger partial charge in [0, 0.05) is 34.9 Å². The van der Waals surface area contributed by atoms with Crippen molar-refractivity contribution >= 4 is 17.5 Å². The summed E-state index contributed by atoms with van der Waals surface area (Å²) in [6.07, 6.45) is 3.56. The molecular weight excluding hydrogens is 342 g/mol. The number of esters is 1. The number of ether oxygens (including phenoxy) is 2. The Bertz CT molecular complexity index is 821. The Morgan fingerprint density at radius 3 is 2.85 bits per heavy atom. The number of carbonyl (C=O) groups excluding carboxylic acids is 2. The monoisotopic (exact) mass is 367 g/mol. The molecule has 142 valence electrons. The first-order valence-electron chi connectivity index (χ1n) is 9.39. The molecule has 5 heteroatoms. The van der Waals surface area contributed by atoms with Crippen molar-refractivity contribution in [3.8, 4) is 5.75 Å². The van der Waals surface area contributed by atoms with Gasteiger partial charge in [-0.15, -0.1) is 0 Å². The number of aliphatic imine (C=N–C) groups is 1. The molecule has 0 amide bonds. The maximum absolute atomic E-state index is 12.9. The number of ketones is 1. The lowest BCUT2D eigenvalue weighted by atomic mass is 9.71. The third-order valence-electron chi connectivity index (χ3n) is 4.99. The molecule has 2 aliphatic rings. The summed E-state index contributed by atoms with van der Waals surface area (Å²) < 4.78 is 11.2. The van der Waals surface area contributed by atoms with Crippen molar-refractivity contribution in [2.24, 2.45) is 10.9 Å². The Labute approximate surface area is 159 Å². The molecule has 3 rings (SSSR count). The fraction of sp³-hybridized carbons (Fsp3) is 0.409. The standard InChI is InChI=1S/C22H25NO4/c1-4-13-27-22(25)19-14(3)23-16-10-8-11-17(24)21(16)20(19)15-9-6-7-12-18(15)26-5-2/h4,6-7,9,12,19-20H,1,5,8,10-11,13H2,2-3H3/t19-,20+/m1/s1. The minimum Gasteiger partial charge on any atom is -0.494 e. The van der Waals surface area contributed by atoms with Crippen molar-refractivity contribution in [3.63, 3.8) is 0 Å². The van der Waals surface area contributed by atoms with Crippen molar-refractivity contribution in [1.29, 1.82) is 0 Å². The van der Waals surface area contributed by atoms with Gasteiger partial charge < -0.3 is 9.47 Å². The van der Waals surface area contributed by atoms with Gasteiger partial charge in [-0.25, -0.2) is 0 Å². The van der Waals surface area contributed by atoms with Gasteiger partial charge in [0.15, 0.2) is 5.78 Å². The first-order chi connectivity index (χ1) is 13.1. The van der Waals surface area contributed by atoms with Crippen LogP contribution >= 0.6 is 0 Å². The summed E-state index contributed by atoms with van der Waals surface area (Å²) in [5.74, 6) is -0.730. The van der Waals surface area contributed by atoms with E-state index in [-0.39, 0.29) is 12.4 Å². The molecule has 0 aromatic heterocycles. The van der Waals surface area contributed by atoms with E-state index in [1.807, 2.05) is 38.1 Å². The van der Waals surface area contributed by atoms with Gasteiger partial charge >= 0.3 is 5.97 Å². The van der Waals surface area contributed by atoms with Crippen LogP contribution in [0.4, 0.5) is 0 Å². The molecule has 0 fully saturated rings. The van der Waals surface area contributed by atoms with Crippen molar-refractivity contribution in [3.05, 3.63) is 53.8 Å². The van der Waals surface area contributed by atoms with Crippen LogP contribution in [0.2, 0.25) is 0 Å². The van der Waals surface area contributed by atoms with Crippen LogP contribution in [0.15, 0.2) is 53.2 Å². The van der Waals surface area contributed by atoms with Gasteiger partial charge in [0.05, 0.1) is 6.61 Å². The molecule has 27 heavy (non-hydrogen) atoms. The third kappa shape index (κ3) is 3.72. The van der Waals surface area contributed by atoms with Crippen LogP contribution in [-0.4, -0.2) is 30.7 Å². The van der Waals surface area contributed by atoms with Crippen LogP contribution in [0.5, 0.6) is 5.75 Å². The molecule has 1 aliphatic heterocycles. The number of carbonyl (C=O) groups is 2. The smallest absolute Gasteiger partial charge is 0.315 e. The van der Waals surface area contributed by atoms with E-state index >= 15 is 0 Å². The van der Waals surface area contributed by atoms with E-state index in [2.05, 4.69) is 11.6 Å². The number of allylic oxidation sites excluding steroid dienone is 2. The van der Waals surface area contributed by atoms with Gasteiger partial charge in [-0.05, 0) is 32.8 Å². The van der Waals surface area contributed by atoms with Crippen LogP contribution in [0, 0.1) is 5.92 Å². The lowest BCUT2D eigenvalue weighted by Crippen LogP contribution is -2.37. The highest BCUT2D eigenvalue weighted by atomic mass is 16.5. The number of Topliss-reactive ketones (excluding diaryl/α,β-unsaturated/α-hetero) is 1. The number of rotatable bonds is 6. The van der Waals surface area contributed by atoms with E-state index in [0.717, 1.165) is 24.1 Å². The zero-order valence-electron chi connectivity index (χ0n) is 15.9. The van der Waals surface area contributed by atoms with E-state index in [4.69, 9.17) is 9.47 Å². The first kappa shape index (κ1) is 19.1. The van der Waals surface area contributed by atoms with Gasteiger partial charge in [0.2, 0.25) is 0 Å². The second-order valence-corrected chi connectivity index (χ2v) is 6.74. The summed E-state index contributed by atoms with van der Waals surface area (Å²) in [5, 5.41) is 0. The van der Waals surface area contributed by atoms with Crippen molar-refractivity contribution in [2.75, 3.05) is 13.2 Å². The second kappa shape index (κ2) is 8.33. The van der Waals surface area contributed by atoms with Crippen LogP contribution in [-0.2, 0) is 14.3 Å². The molecule has 0 saturated heterocycles. The number of hydrogen-bond donors (Lipinski definition) is 0. The average molecular weight is 367 g/mol. The Morgan fingerprint density at radius 1 is 1.33 bits per heavy atom. The van der Waals surface area contributed by atoms with Crippen molar-refractivity contribution in [1.82, 2.24) is 0 Å². The minimum absolute atomic E-state index is 0.0605. The zero-order valence-corrected chi connectivity index (χ0v) is 15.9. The normalized spacial score (nSPS) is 22.0.